The van der Waals surface area contributed by atoms with E-state index in [4.69, 9.17) is 0 Å². The van der Waals surface area contributed by atoms with Gasteiger partial charge in [0.2, 0.25) is 5.78 Å². The zero-order chi connectivity index (χ0) is 9.42. The summed E-state index contributed by atoms with van der Waals surface area (Å²) in [7, 11) is 0. The van der Waals surface area contributed by atoms with Crippen molar-refractivity contribution in [1.29, 1.82) is 0 Å². The summed E-state index contributed by atoms with van der Waals surface area (Å²) in [4.78, 5) is 8.76. The van der Waals surface area contributed by atoms with Crippen LogP contribution in [-0.2, 0) is 0 Å². The molecule has 0 radical (unpaired) electrons. The molecule has 0 N–H and O–H groups in total. The van der Waals surface area contributed by atoms with E-state index in [2.05, 4.69) is 23.8 Å². The van der Waals surface area contributed by atoms with E-state index in [1.54, 1.807) is 0 Å². The summed E-state index contributed by atoms with van der Waals surface area (Å²) in [6.07, 6.45) is 4.03. The van der Waals surface area contributed by atoms with Crippen molar-refractivity contribution in [3.63, 3.8) is 0 Å². The second-order valence-electron chi connectivity index (χ2n) is 3.60. The molecule has 0 aliphatic rings. The van der Waals surface area contributed by atoms with Crippen molar-refractivity contribution < 1.29 is 0 Å². The molecule has 0 saturated carbocycles. The summed E-state index contributed by atoms with van der Waals surface area (Å²) in [5.41, 5.74) is 2.10. The third-order valence-electron chi connectivity index (χ3n) is 2.08. The van der Waals surface area contributed by atoms with Gasteiger partial charge in [-0.15, -0.1) is 0 Å². The highest BCUT2D eigenvalue weighted by molar-refractivity contribution is 5.32. The van der Waals surface area contributed by atoms with Crippen molar-refractivity contribution in [1.82, 2.24) is 14.4 Å². The molecule has 0 atom stereocenters. The first-order valence-corrected chi connectivity index (χ1v) is 4.49. The lowest BCUT2D eigenvalue weighted by Gasteiger charge is -1.94. The highest BCUT2D eigenvalue weighted by atomic mass is 15.1. The summed E-state index contributed by atoms with van der Waals surface area (Å²) in [6.45, 7) is 6.24. The first-order valence-electron chi connectivity index (χ1n) is 4.49. The first kappa shape index (κ1) is 8.23. The molecule has 0 aliphatic carbocycles. The molecule has 2 heterocycles. The molecular formula is C10H13N3. The topological polar surface area (TPSA) is 30.2 Å². The number of imidazole rings is 1. The molecule has 0 aliphatic heterocycles. The molecule has 3 heteroatoms. The van der Waals surface area contributed by atoms with E-state index in [9.17, 15) is 0 Å². The largest absolute Gasteiger partial charge is 0.291 e. The Morgan fingerprint density at radius 2 is 2.08 bits per heavy atom. The molecule has 68 valence electrons. The smallest absolute Gasteiger partial charge is 0.234 e. The maximum absolute atomic E-state index is 4.42. The van der Waals surface area contributed by atoms with Crippen LogP contribution in [0.3, 0.4) is 0 Å². The number of nitrogens with zero attached hydrogens (tertiary/aromatic N) is 3. The molecule has 2 rings (SSSR count). The van der Waals surface area contributed by atoms with Gasteiger partial charge in [-0.25, -0.2) is 9.97 Å². The molecule has 13 heavy (non-hydrogen) atoms. The Hall–Kier alpha value is -1.38. The summed E-state index contributed by atoms with van der Waals surface area (Å²) < 4.78 is 1.96. The molecular weight excluding hydrogens is 162 g/mol. The number of hydrogen-bond donors (Lipinski definition) is 0. The van der Waals surface area contributed by atoms with Gasteiger partial charge in [0, 0.05) is 18.1 Å². The lowest BCUT2D eigenvalue weighted by Crippen LogP contribution is -1.88. The fraction of sp³-hybridized carbons (Fsp3) is 0.400. The monoisotopic (exact) mass is 175 g/mol. The van der Waals surface area contributed by atoms with Crippen molar-refractivity contribution in [2.45, 2.75) is 26.7 Å². The van der Waals surface area contributed by atoms with Gasteiger partial charge < -0.3 is 0 Å². The maximum atomic E-state index is 4.42. The van der Waals surface area contributed by atoms with Gasteiger partial charge in [0.05, 0.1) is 5.69 Å². The molecule has 3 nitrogen and oxygen atoms in total. The van der Waals surface area contributed by atoms with E-state index in [0.717, 1.165) is 17.2 Å². The Balaban J connectivity index is 2.62. The predicted molar refractivity (Wildman–Crippen MR) is 51.8 cm³/mol. The minimum absolute atomic E-state index is 0.460. The van der Waals surface area contributed by atoms with Crippen LogP contribution in [-0.4, -0.2) is 14.4 Å². The minimum Gasteiger partial charge on any atom is -0.291 e. The standard InChI is InChI=1S/C10H13N3/c1-7(2)9-6-13-5-4-8(3)11-10(13)12-9/h4-7H,1-3H3. The summed E-state index contributed by atoms with van der Waals surface area (Å²) in [5.74, 6) is 1.26. The normalized spacial score (nSPS) is 11.4. The van der Waals surface area contributed by atoms with Crippen LogP contribution in [0, 0.1) is 6.92 Å². The zero-order valence-corrected chi connectivity index (χ0v) is 8.15. The van der Waals surface area contributed by atoms with Crippen LogP contribution in [0.25, 0.3) is 5.78 Å². The second-order valence-corrected chi connectivity index (χ2v) is 3.60. The van der Waals surface area contributed by atoms with Crippen molar-refractivity contribution in [2.24, 2.45) is 0 Å². The van der Waals surface area contributed by atoms with Gasteiger partial charge in [-0.3, -0.25) is 4.40 Å². The number of aryl methyl sites for hydroxylation is 1. The molecule has 0 fully saturated rings. The van der Waals surface area contributed by atoms with Gasteiger partial charge in [0.25, 0.3) is 0 Å². The van der Waals surface area contributed by atoms with E-state index < -0.39 is 0 Å². The van der Waals surface area contributed by atoms with Crippen LogP contribution in [0.4, 0.5) is 0 Å². The third kappa shape index (κ3) is 1.41. The average Bonchev–Trinajstić information content (AvgIpc) is 2.46. The van der Waals surface area contributed by atoms with Crippen LogP contribution >= 0.6 is 0 Å². The Morgan fingerprint density at radius 1 is 1.31 bits per heavy atom. The fourth-order valence-electron chi connectivity index (χ4n) is 1.26. The highest BCUT2D eigenvalue weighted by Crippen LogP contribution is 2.13. The van der Waals surface area contributed by atoms with Crippen LogP contribution < -0.4 is 0 Å². The van der Waals surface area contributed by atoms with E-state index in [0.29, 0.717) is 5.92 Å². The van der Waals surface area contributed by atoms with Crippen molar-refractivity contribution in [3.05, 3.63) is 29.8 Å². The molecule has 2 aromatic heterocycles. The minimum atomic E-state index is 0.460. The van der Waals surface area contributed by atoms with E-state index in [1.807, 2.05) is 29.8 Å². The lowest BCUT2D eigenvalue weighted by molar-refractivity contribution is 0.833. The molecule has 0 bridgehead atoms. The van der Waals surface area contributed by atoms with Gasteiger partial charge in [-0.2, -0.15) is 0 Å². The number of rotatable bonds is 1. The maximum Gasteiger partial charge on any atom is 0.234 e. The number of hydrogen-bond acceptors (Lipinski definition) is 2. The SMILES string of the molecule is Cc1ccn2cc(C(C)C)nc2n1. The highest BCUT2D eigenvalue weighted by Gasteiger charge is 2.05. The molecule has 0 aromatic carbocycles. The van der Waals surface area contributed by atoms with Gasteiger partial charge in [0.1, 0.15) is 0 Å². The van der Waals surface area contributed by atoms with Crippen molar-refractivity contribution in [2.75, 3.05) is 0 Å². The Bertz CT molecular complexity index is 429. The molecule has 0 saturated heterocycles. The summed E-state index contributed by atoms with van der Waals surface area (Å²) in [5, 5.41) is 0. The zero-order valence-electron chi connectivity index (χ0n) is 8.15. The molecule has 2 aromatic rings. The van der Waals surface area contributed by atoms with E-state index in [-0.39, 0.29) is 0 Å². The Labute approximate surface area is 77.4 Å². The van der Waals surface area contributed by atoms with Crippen LogP contribution in [0.15, 0.2) is 18.5 Å². The molecule has 0 amide bonds. The Kier molecular flexibility index (Phi) is 1.79. The molecule has 0 spiro atoms. The van der Waals surface area contributed by atoms with Crippen LogP contribution in [0.2, 0.25) is 0 Å². The van der Waals surface area contributed by atoms with E-state index >= 15 is 0 Å². The number of aromatic nitrogens is 3. The third-order valence-corrected chi connectivity index (χ3v) is 2.08. The van der Waals surface area contributed by atoms with E-state index in [1.165, 1.54) is 0 Å². The predicted octanol–water partition coefficient (Wildman–Crippen LogP) is 2.16. The van der Waals surface area contributed by atoms with Crippen LogP contribution in [0.5, 0.6) is 0 Å². The Morgan fingerprint density at radius 3 is 2.77 bits per heavy atom. The lowest BCUT2D eigenvalue weighted by atomic mass is 10.2. The number of fused-ring (bicyclic) bond motifs is 1. The van der Waals surface area contributed by atoms with Crippen LogP contribution in [0.1, 0.15) is 31.2 Å². The summed E-state index contributed by atoms with van der Waals surface area (Å²) >= 11 is 0. The second kappa shape index (κ2) is 2.83. The fourth-order valence-corrected chi connectivity index (χ4v) is 1.26. The summed E-state index contributed by atoms with van der Waals surface area (Å²) in [6, 6.07) is 1.98. The first-order chi connectivity index (χ1) is 6.16. The van der Waals surface area contributed by atoms with Gasteiger partial charge in [-0.05, 0) is 18.9 Å². The van der Waals surface area contributed by atoms with Crippen molar-refractivity contribution >= 4 is 5.78 Å². The quantitative estimate of drug-likeness (QED) is 0.664. The van der Waals surface area contributed by atoms with Gasteiger partial charge in [-0.1, -0.05) is 13.8 Å². The molecule has 0 unspecified atom stereocenters. The van der Waals surface area contributed by atoms with Gasteiger partial charge in [0.15, 0.2) is 0 Å². The van der Waals surface area contributed by atoms with Gasteiger partial charge >= 0.3 is 0 Å². The average molecular weight is 175 g/mol. The van der Waals surface area contributed by atoms with Crippen molar-refractivity contribution in [3.8, 4) is 0 Å².